The van der Waals surface area contributed by atoms with Gasteiger partial charge in [0.1, 0.15) is 0 Å². The van der Waals surface area contributed by atoms with Gasteiger partial charge in [-0.25, -0.2) is 4.39 Å². The Morgan fingerprint density at radius 3 is 2.82 bits per heavy atom. The van der Waals surface area contributed by atoms with E-state index in [2.05, 4.69) is 20.7 Å². The maximum atomic E-state index is 13.4. The van der Waals surface area contributed by atoms with Crippen molar-refractivity contribution in [2.24, 2.45) is 0 Å². The van der Waals surface area contributed by atoms with Crippen LogP contribution in [-0.2, 0) is 16.0 Å². The van der Waals surface area contributed by atoms with Crippen molar-refractivity contribution in [2.45, 2.75) is 25.7 Å². The smallest absolute Gasteiger partial charge is 0.305 e. The first-order valence-electron chi connectivity index (χ1n) is 5.35. The lowest BCUT2D eigenvalue weighted by molar-refractivity contribution is -0.140. The van der Waals surface area contributed by atoms with E-state index in [1.54, 1.807) is 12.1 Å². The molecule has 0 bridgehead atoms. The van der Waals surface area contributed by atoms with Crippen LogP contribution in [0.1, 0.15) is 24.8 Å². The second kappa shape index (κ2) is 6.59. The first kappa shape index (κ1) is 14.0. The highest BCUT2D eigenvalue weighted by Gasteiger charge is 2.09. The predicted molar refractivity (Wildman–Crippen MR) is 68.1 cm³/mol. The Bertz CT molecular complexity index is 410. The molecule has 0 unspecified atom stereocenters. The number of halogens is 2. The van der Waals surface area contributed by atoms with Crippen molar-refractivity contribution >= 4 is 27.6 Å². The van der Waals surface area contributed by atoms with E-state index in [0.717, 1.165) is 18.4 Å². The minimum atomic E-state index is -0.421. The molecule has 0 saturated heterocycles. The standard InChI is InChI=1S/C12H15BrFNO2/c1-17-10(16)5-3-2-4-8-6-7-9(15)12(14)11(8)13/h6-7H,2-5,15H2,1H3. The molecule has 1 rings (SSSR count). The summed E-state index contributed by atoms with van der Waals surface area (Å²) in [7, 11) is 1.37. The van der Waals surface area contributed by atoms with Crippen LogP contribution in [-0.4, -0.2) is 13.1 Å². The molecule has 0 aromatic heterocycles. The number of anilines is 1. The summed E-state index contributed by atoms with van der Waals surface area (Å²) in [5.74, 6) is -0.636. The molecule has 1 aromatic carbocycles. The van der Waals surface area contributed by atoms with E-state index in [4.69, 9.17) is 5.73 Å². The Hall–Kier alpha value is -1.10. The molecule has 5 heteroatoms. The second-order valence-electron chi connectivity index (χ2n) is 3.73. The zero-order valence-electron chi connectivity index (χ0n) is 9.63. The first-order chi connectivity index (χ1) is 8.06. The van der Waals surface area contributed by atoms with Gasteiger partial charge in [-0.05, 0) is 46.8 Å². The Morgan fingerprint density at radius 1 is 1.47 bits per heavy atom. The zero-order chi connectivity index (χ0) is 12.8. The molecule has 0 spiro atoms. The molecule has 0 saturated carbocycles. The number of hydrogen-bond acceptors (Lipinski definition) is 3. The lowest BCUT2D eigenvalue weighted by atomic mass is 10.1. The van der Waals surface area contributed by atoms with E-state index in [1.807, 2.05) is 0 Å². The number of carbonyl (C=O) groups is 1. The van der Waals surface area contributed by atoms with Crippen LogP contribution in [0.15, 0.2) is 16.6 Å². The summed E-state index contributed by atoms with van der Waals surface area (Å²) < 4.78 is 18.4. The van der Waals surface area contributed by atoms with Gasteiger partial charge in [-0.15, -0.1) is 0 Å². The Kier molecular flexibility index (Phi) is 5.41. The van der Waals surface area contributed by atoms with Crippen LogP contribution in [0.5, 0.6) is 0 Å². The third-order valence-corrected chi connectivity index (χ3v) is 3.35. The third-order valence-electron chi connectivity index (χ3n) is 2.50. The van der Waals surface area contributed by atoms with Crippen LogP contribution in [0, 0.1) is 5.82 Å². The highest BCUT2D eigenvalue weighted by molar-refractivity contribution is 9.10. The molecule has 0 amide bonds. The van der Waals surface area contributed by atoms with Crippen LogP contribution >= 0.6 is 15.9 Å². The Balaban J connectivity index is 2.47. The fourth-order valence-electron chi connectivity index (χ4n) is 1.48. The second-order valence-corrected chi connectivity index (χ2v) is 4.52. The van der Waals surface area contributed by atoms with Gasteiger partial charge < -0.3 is 10.5 Å². The number of unbranched alkanes of at least 4 members (excludes halogenated alkanes) is 1. The number of esters is 1. The molecule has 0 aliphatic rings. The molecule has 0 fully saturated rings. The molecular formula is C12H15BrFNO2. The number of hydrogen-bond donors (Lipinski definition) is 1. The quantitative estimate of drug-likeness (QED) is 0.517. The van der Waals surface area contributed by atoms with E-state index in [-0.39, 0.29) is 11.7 Å². The van der Waals surface area contributed by atoms with E-state index in [1.165, 1.54) is 7.11 Å². The molecule has 2 N–H and O–H groups in total. The molecule has 1 aromatic rings. The summed E-state index contributed by atoms with van der Waals surface area (Å²) in [5.41, 5.74) is 6.43. The summed E-state index contributed by atoms with van der Waals surface area (Å²) >= 11 is 3.18. The van der Waals surface area contributed by atoms with E-state index in [9.17, 15) is 9.18 Å². The highest BCUT2D eigenvalue weighted by Crippen LogP contribution is 2.26. The van der Waals surface area contributed by atoms with E-state index in [0.29, 0.717) is 17.3 Å². The van der Waals surface area contributed by atoms with Crippen LogP contribution in [0.25, 0.3) is 0 Å². The lowest BCUT2D eigenvalue weighted by Gasteiger charge is -2.07. The number of benzene rings is 1. The topological polar surface area (TPSA) is 52.3 Å². The van der Waals surface area contributed by atoms with Gasteiger partial charge in [0.05, 0.1) is 17.3 Å². The minimum absolute atomic E-state index is 0.134. The number of carbonyl (C=O) groups excluding carboxylic acids is 1. The molecular weight excluding hydrogens is 289 g/mol. The average Bonchev–Trinajstić information content (AvgIpc) is 2.33. The molecule has 17 heavy (non-hydrogen) atoms. The number of nitrogens with two attached hydrogens (primary N) is 1. The maximum Gasteiger partial charge on any atom is 0.305 e. The summed E-state index contributed by atoms with van der Waals surface area (Å²) in [4.78, 5) is 10.9. The van der Waals surface area contributed by atoms with Crippen LogP contribution < -0.4 is 5.73 Å². The van der Waals surface area contributed by atoms with Crippen LogP contribution in [0.2, 0.25) is 0 Å². The summed E-state index contributed by atoms with van der Waals surface area (Å²) in [6.45, 7) is 0. The Morgan fingerprint density at radius 2 is 2.18 bits per heavy atom. The third kappa shape index (κ3) is 4.00. The van der Waals surface area contributed by atoms with Crippen molar-refractivity contribution in [3.05, 3.63) is 28.0 Å². The van der Waals surface area contributed by atoms with Gasteiger partial charge in [-0.3, -0.25) is 4.79 Å². The molecule has 0 aliphatic carbocycles. The molecule has 0 atom stereocenters. The number of aryl methyl sites for hydroxylation is 1. The summed E-state index contributed by atoms with van der Waals surface area (Å²) in [5, 5.41) is 0. The molecule has 3 nitrogen and oxygen atoms in total. The fraction of sp³-hybridized carbons (Fsp3) is 0.417. The first-order valence-corrected chi connectivity index (χ1v) is 6.14. The van der Waals surface area contributed by atoms with Crippen molar-refractivity contribution in [1.82, 2.24) is 0 Å². The lowest BCUT2D eigenvalue weighted by Crippen LogP contribution is -2.00. The molecule has 0 aliphatic heterocycles. The normalized spacial score (nSPS) is 10.3. The van der Waals surface area contributed by atoms with Crippen molar-refractivity contribution in [2.75, 3.05) is 12.8 Å². The Labute approximate surface area is 108 Å². The van der Waals surface area contributed by atoms with E-state index < -0.39 is 5.82 Å². The average molecular weight is 304 g/mol. The number of methoxy groups -OCH3 is 1. The zero-order valence-corrected chi connectivity index (χ0v) is 11.2. The highest BCUT2D eigenvalue weighted by atomic mass is 79.9. The SMILES string of the molecule is COC(=O)CCCCc1ccc(N)c(F)c1Br. The van der Waals surface area contributed by atoms with Gasteiger partial charge in [0, 0.05) is 6.42 Å². The van der Waals surface area contributed by atoms with Gasteiger partial charge in [0.2, 0.25) is 0 Å². The predicted octanol–water partition coefficient (Wildman–Crippen LogP) is 3.06. The number of ether oxygens (including phenoxy) is 1. The molecule has 94 valence electrons. The van der Waals surface area contributed by atoms with Gasteiger partial charge in [0.15, 0.2) is 5.82 Å². The van der Waals surface area contributed by atoms with Gasteiger partial charge >= 0.3 is 5.97 Å². The number of rotatable bonds is 5. The van der Waals surface area contributed by atoms with Gasteiger partial charge in [-0.1, -0.05) is 6.07 Å². The maximum absolute atomic E-state index is 13.4. The number of nitrogen functional groups attached to an aromatic ring is 1. The van der Waals surface area contributed by atoms with Crippen molar-refractivity contribution in [1.29, 1.82) is 0 Å². The summed E-state index contributed by atoms with van der Waals surface area (Å²) in [6.07, 6.45) is 2.63. The van der Waals surface area contributed by atoms with Crippen molar-refractivity contribution in [3.8, 4) is 0 Å². The molecule has 0 heterocycles. The monoisotopic (exact) mass is 303 g/mol. The molecule has 0 radical (unpaired) electrons. The van der Waals surface area contributed by atoms with Crippen LogP contribution in [0.4, 0.5) is 10.1 Å². The minimum Gasteiger partial charge on any atom is -0.469 e. The van der Waals surface area contributed by atoms with Crippen molar-refractivity contribution < 1.29 is 13.9 Å². The summed E-state index contributed by atoms with van der Waals surface area (Å²) in [6, 6.07) is 3.34. The van der Waals surface area contributed by atoms with Crippen molar-refractivity contribution in [3.63, 3.8) is 0 Å². The fourth-order valence-corrected chi connectivity index (χ4v) is 2.04. The van der Waals surface area contributed by atoms with Gasteiger partial charge in [-0.2, -0.15) is 0 Å². The van der Waals surface area contributed by atoms with Crippen LogP contribution in [0.3, 0.4) is 0 Å². The van der Waals surface area contributed by atoms with E-state index >= 15 is 0 Å². The largest absolute Gasteiger partial charge is 0.469 e. The van der Waals surface area contributed by atoms with Gasteiger partial charge in [0.25, 0.3) is 0 Å².